The van der Waals surface area contributed by atoms with E-state index in [1.165, 1.54) is 29.2 Å². The van der Waals surface area contributed by atoms with Crippen molar-refractivity contribution in [2.75, 3.05) is 0 Å². The van der Waals surface area contributed by atoms with Gasteiger partial charge >= 0.3 is 5.97 Å². The van der Waals surface area contributed by atoms with E-state index in [-0.39, 0.29) is 22.9 Å². The first-order valence-corrected chi connectivity index (χ1v) is 5.53. The van der Waals surface area contributed by atoms with Gasteiger partial charge in [-0.3, -0.25) is 10.1 Å². The molecule has 98 valence electrons. The molecule has 2 aromatic rings. The Kier molecular flexibility index (Phi) is 3.48. The fourth-order valence-electron chi connectivity index (χ4n) is 1.61. The van der Waals surface area contributed by atoms with Crippen LogP contribution >= 0.6 is 11.6 Å². The number of nitro benzene ring substituents is 1. The van der Waals surface area contributed by atoms with E-state index in [9.17, 15) is 14.9 Å². The molecule has 0 aliphatic heterocycles. The van der Waals surface area contributed by atoms with Crippen molar-refractivity contribution in [3.05, 3.63) is 57.1 Å². The van der Waals surface area contributed by atoms with Crippen LogP contribution < -0.4 is 0 Å². The topological polar surface area (TPSA) is 98.3 Å². The predicted molar refractivity (Wildman–Crippen MR) is 66.4 cm³/mol. The minimum Gasteiger partial charge on any atom is -0.476 e. The lowest BCUT2D eigenvalue weighted by Gasteiger charge is -2.05. The van der Waals surface area contributed by atoms with Gasteiger partial charge < -0.3 is 9.67 Å². The molecular formula is C11H8ClN3O4. The summed E-state index contributed by atoms with van der Waals surface area (Å²) in [5, 5.41) is 19.9. The number of hydrogen-bond donors (Lipinski definition) is 1. The maximum atomic E-state index is 10.9. The number of aromatic carboxylic acids is 1. The molecule has 1 N–H and O–H groups in total. The van der Waals surface area contributed by atoms with Crippen molar-refractivity contribution in [3.63, 3.8) is 0 Å². The van der Waals surface area contributed by atoms with Gasteiger partial charge in [0.15, 0.2) is 5.69 Å². The smallest absolute Gasteiger partial charge is 0.356 e. The van der Waals surface area contributed by atoms with Crippen molar-refractivity contribution >= 4 is 23.3 Å². The molecule has 0 fully saturated rings. The van der Waals surface area contributed by atoms with Crippen LogP contribution in [0.1, 0.15) is 16.1 Å². The lowest BCUT2D eigenvalue weighted by molar-refractivity contribution is -0.385. The van der Waals surface area contributed by atoms with Crippen LogP contribution in [0.3, 0.4) is 0 Å². The highest BCUT2D eigenvalue weighted by molar-refractivity contribution is 6.31. The first-order valence-electron chi connectivity index (χ1n) is 5.16. The number of carboxylic acids is 1. The van der Waals surface area contributed by atoms with E-state index in [0.29, 0.717) is 5.56 Å². The molecule has 1 aromatic carbocycles. The van der Waals surface area contributed by atoms with Crippen molar-refractivity contribution < 1.29 is 14.8 Å². The summed E-state index contributed by atoms with van der Waals surface area (Å²) in [4.78, 5) is 24.7. The average molecular weight is 282 g/mol. The number of carboxylic acid groups (broad SMARTS) is 1. The third-order valence-electron chi connectivity index (χ3n) is 2.48. The minimum atomic E-state index is -1.16. The molecule has 0 atom stereocenters. The molecule has 19 heavy (non-hydrogen) atoms. The Morgan fingerprint density at radius 1 is 1.53 bits per heavy atom. The van der Waals surface area contributed by atoms with E-state index in [0.717, 1.165) is 0 Å². The normalized spacial score (nSPS) is 10.4. The van der Waals surface area contributed by atoms with Gasteiger partial charge in [0.05, 0.1) is 28.4 Å². The minimum absolute atomic E-state index is 0.0796. The first-order chi connectivity index (χ1) is 8.99. The molecule has 2 rings (SSSR count). The standard InChI is InChI=1S/C11H8ClN3O4/c12-8-2-1-3-10(15(18)19)7(8)4-14-5-9(11(16)17)13-6-14/h1-3,5-6H,4H2,(H,16,17). The highest BCUT2D eigenvalue weighted by Gasteiger charge is 2.17. The van der Waals surface area contributed by atoms with E-state index in [1.807, 2.05) is 0 Å². The summed E-state index contributed by atoms with van der Waals surface area (Å²) in [7, 11) is 0. The van der Waals surface area contributed by atoms with E-state index in [1.54, 1.807) is 6.07 Å². The molecule has 0 spiro atoms. The quantitative estimate of drug-likeness (QED) is 0.684. The fraction of sp³-hybridized carbons (Fsp3) is 0.0909. The molecule has 8 heteroatoms. The third kappa shape index (κ3) is 2.71. The number of halogens is 1. The molecule has 0 amide bonds. The number of benzene rings is 1. The van der Waals surface area contributed by atoms with Crippen molar-refractivity contribution in [3.8, 4) is 0 Å². The van der Waals surface area contributed by atoms with Crippen LogP contribution in [0.5, 0.6) is 0 Å². The van der Waals surface area contributed by atoms with Crippen LogP contribution in [0.4, 0.5) is 5.69 Å². The zero-order valence-electron chi connectivity index (χ0n) is 9.49. The molecular weight excluding hydrogens is 274 g/mol. The fourth-order valence-corrected chi connectivity index (χ4v) is 1.84. The SMILES string of the molecule is O=C(O)c1cn(Cc2c(Cl)cccc2[N+](=O)[O-])cn1. The first kappa shape index (κ1) is 13.0. The summed E-state index contributed by atoms with van der Waals surface area (Å²) in [5.41, 5.74) is 0.0660. The molecule has 0 saturated carbocycles. The Morgan fingerprint density at radius 3 is 2.84 bits per heavy atom. The van der Waals surface area contributed by atoms with E-state index >= 15 is 0 Å². The zero-order valence-corrected chi connectivity index (χ0v) is 10.2. The number of carbonyl (C=O) groups is 1. The third-order valence-corrected chi connectivity index (χ3v) is 2.84. The number of aromatic nitrogens is 2. The molecule has 0 radical (unpaired) electrons. The summed E-state index contributed by atoms with van der Waals surface area (Å²) in [6.45, 7) is 0.0796. The predicted octanol–water partition coefficient (Wildman–Crippen LogP) is 2.19. The summed E-state index contributed by atoms with van der Waals surface area (Å²) >= 11 is 5.94. The molecule has 0 aliphatic carbocycles. The maximum Gasteiger partial charge on any atom is 0.356 e. The molecule has 0 bridgehead atoms. The van der Waals surface area contributed by atoms with Gasteiger partial charge in [-0.05, 0) is 6.07 Å². The van der Waals surface area contributed by atoms with E-state index < -0.39 is 10.9 Å². The zero-order chi connectivity index (χ0) is 14.0. The Labute approximate surface area is 112 Å². The lowest BCUT2D eigenvalue weighted by Crippen LogP contribution is -2.02. The van der Waals surface area contributed by atoms with Crippen LogP contribution in [0.15, 0.2) is 30.7 Å². The Bertz CT molecular complexity index is 653. The highest BCUT2D eigenvalue weighted by Crippen LogP contribution is 2.27. The van der Waals surface area contributed by atoms with E-state index in [4.69, 9.17) is 16.7 Å². The molecule has 1 aromatic heterocycles. The number of nitro groups is 1. The second kappa shape index (κ2) is 5.07. The van der Waals surface area contributed by atoms with Gasteiger partial charge in [0.1, 0.15) is 0 Å². The van der Waals surface area contributed by atoms with Gasteiger partial charge in [0.25, 0.3) is 5.69 Å². The van der Waals surface area contributed by atoms with Crippen LogP contribution in [0, 0.1) is 10.1 Å². The van der Waals surface area contributed by atoms with Crippen LogP contribution in [-0.4, -0.2) is 25.6 Å². The lowest BCUT2D eigenvalue weighted by atomic mass is 10.2. The van der Waals surface area contributed by atoms with Crippen molar-refractivity contribution in [1.82, 2.24) is 9.55 Å². The van der Waals surface area contributed by atoms with E-state index in [2.05, 4.69) is 4.98 Å². The van der Waals surface area contributed by atoms with Crippen molar-refractivity contribution in [1.29, 1.82) is 0 Å². The number of hydrogen-bond acceptors (Lipinski definition) is 4. The Morgan fingerprint density at radius 2 is 2.26 bits per heavy atom. The van der Waals surface area contributed by atoms with Gasteiger partial charge in [-0.1, -0.05) is 17.7 Å². The summed E-state index contributed by atoms with van der Waals surface area (Å²) < 4.78 is 1.43. The summed E-state index contributed by atoms with van der Waals surface area (Å²) in [5.74, 6) is -1.16. The second-order valence-corrected chi connectivity index (χ2v) is 4.14. The maximum absolute atomic E-state index is 10.9. The van der Waals surface area contributed by atoms with Crippen LogP contribution in [-0.2, 0) is 6.54 Å². The molecule has 0 unspecified atom stereocenters. The molecule has 1 heterocycles. The van der Waals surface area contributed by atoms with Gasteiger partial charge in [-0.2, -0.15) is 0 Å². The van der Waals surface area contributed by atoms with Crippen molar-refractivity contribution in [2.45, 2.75) is 6.54 Å². The van der Waals surface area contributed by atoms with Crippen LogP contribution in [0.2, 0.25) is 5.02 Å². The Balaban J connectivity index is 2.37. The van der Waals surface area contributed by atoms with Crippen LogP contribution in [0.25, 0.3) is 0 Å². The second-order valence-electron chi connectivity index (χ2n) is 3.73. The average Bonchev–Trinajstić information content (AvgIpc) is 2.80. The van der Waals surface area contributed by atoms with Gasteiger partial charge in [-0.25, -0.2) is 9.78 Å². The molecule has 7 nitrogen and oxygen atoms in total. The largest absolute Gasteiger partial charge is 0.476 e. The summed E-state index contributed by atoms with van der Waals surface area (Å²) in [6, 6.07) is 4.37. The van der Waals surface area contributed by atoms with Gasteiger partial charge in [0, 0.05) is 12.3 Å². The van der Waals surface area contributed by atoms with Crippen molar-refractivity contribution in [2.24, 2.45) is 0 Å². The number of rotatable bonds is 4. The molecule has 0 saturated heterocycles. The summed E-state index contributed by atoms with van der Waals surface area (Å²) in [6.07, 6.45) is 2.58. The Hall–Kier alpha value is -2.41. The number of nitrogens with zero attached hydrogens (tertiary/aromatic N) is 3. The highest BCUT2D eigenvalue weighted by atomic mass is 35.5. The van der Waals surface area contributed by atoms with Gasteiger partial charge in [-0.15, -0.1) is 0 Å². The number of imidazole rings is 1. The van der Waals surface area contributed by atoms with Gasteiger partial charge in [0.2, 0.25) is 0 Å². The monoisotopic (exact) mass is 281 g/mol. The molecule has 0 aliphatic rings.